The summed E-state index contributed by atoms with van der Waals surface area (Å²) >= 11 is 0. The summed E-state index contributed by atoms with van der Waals surface area (Å²) in [7, 11) is 1.76. The van der Waals surface area contributed by atoms with Gasteiger partial charge in [0, 0.05) is 51.9 Å². The van der Waals surface area contributed by atoms with Crippen LogP contribution in [-0.2, 0) is 4.74 Å². The van der Waals surface area contributed by atoms with Crippen molar-refractivity contribution in [3.8, 4) is 0 Å². The molecule has 0 bridgehead atoms. The molecule has 1 aliphatic heterocycles. The van der Waals surface area contributed by atoms with E-state index in [4.69, 9.17) is 4.74 Å². The Hall–Kier alpha value is -0.160. The summed E-state index contributed by atoms with van der Waals surface area (Å²) in [6.07, 6.45) is 0.291. The number of nitrogens with one attached hydrogen (secondary N) is 2. The molecule has 16 heavy (non-hydrogen) atoms. The molecule has 4 nitrogen and oxygen atoms in total. The summed E-state index contributed by atoms with van der Waals surface area (Å²) in [5.74, 6) is 0. The van der Waals surface area contributed by atoms with Gasteiger partial charge in [0.15, 0.2) is 0 Å². The molecular formula is C12H27N3O. The number of methoxy groups -OCH3 is 1. The molecular weight excluding hydrogens is 202 g/mol. The van der Waals surface area contributed by atoms with Crippen molar-refractivity contribution in [1.82, 2.24) is 15.5 Å². The molecule has 0 aromatic heterocycles. The number of hydrogen-bond acceptors (Lipinski definition) is 4. The highest BCUT2D eigenvalue weighted by Crippen LogP contribution is 2.13. The molecule has 1 rings (SSSR count). The molecule has 0 aromatic carbocycles. The standard InChI is InChI=1S/C12H27N3O/c1-11(16-4)9-14-10-12(2,3)15-7-5-13-6-8-15/h11,13-14H,5-10H2,1-4H3. The van der Waals surface area contributed by atoms with E-state index in [2.05, 4.69) is 36.3 Å². The Morgan fingerprint density at radius 2 is 2.00 bits per heavy atom. The molecule has 2 N–H and O–H groups in total. The second-order valence-corrected chi connectivity index (χ2v) is 5.23. The van der Waals surface area contributed by atoms with E-state index in [1.54, 1.807) is 7.11 Å². The van der Waals surface area contributed by atoms with Crippen LogP contribution in [-0.4, -0.2) is 62.9 Å². The van der Waals surface area contributed by atoms with Crippen LogP contribution in [0.2, 0.25) is 0 Å². The largest absolute Gasteiger partial charge is 0.380 e. The highest BCUT2D eigenvalue weighted by atomic mass is 16.5. The average molecular weight is 229 g/mol. The van der Waals surface area contributed by atoms with Crippen LogP contribution >= 0.6 is 0 Å². The first-order valence-corrected chi connectivity index (χ1v) is 6.25. The van der Waals surface area contributed by atoms with Crippen molar-refractivity contribution in [1.29, 1.82) is 0 Å². The molecule has 0 saturated carbocycles. The van der Waals surface area contributed by atoms with Gasteiger partial charge in [-0.2, -0.15) is 0 Å². The van der Waals surface area contributed by atoms with Crippen molar-refractivity contribution in [3.05, 3.63) is 0 Å². The molecule has 0 spiro atoms. The molecule has 1 atom stereocenters. The predicted molar refractivity (Wildman–Crippen MR) is 67.9 cm³/mol. The molecule has 1 unspecified atom stereocenters. The Labute approximate surface area is 99.7 Å². The van der Waals surface area contributed by atoms with Crippen LogP contribution in [0.15, 0.2) is 0 Å². The number of nitrogens with zero attached hydrogens (tertiary/aromatic N) is 1. The van der Waals surface area contributed by atoms with Gasteiger partial charge in [0.05, 0.1) is 6.10 Å². The van der Waals surface area contributed by atoms with Gasteiger partial charge in [0.25, 0.3) is 0 Å². The van der Waals surface area contributed by atoms with Gasteiger partial charge in [0.2, 0.25) is 0 Å². The predicted octanol–water partition coefficient (Wildman–Crippen LogP) is 0.295. The number of hydrogen-bond donors (Lipinski definition) is 2. The Bertz CT molecular complexity index is 191. The zero-order valence-electron chi connectivity index (χ0n) is 11.2. The molecule has 0 amide bonds. The molecule has 1 aliphatic rings. The molecule has 1 heterocycles. The van der Waals surface area contributed by atoms with E-state index in [0.717, 1.165) is 39.3 Å². The Morgan fingerprint density at radius 3 is 2.56 bits per heavy atom. The van der Waals surface area contributed by atoms with Gasteiger partial charge in [-0.05, 0) is 20.8 Å². The van der Waals surface area contributed by atoms with Crippen LogP contribution in [0.4, 0.5) is 0 Å². The molecule has 1 fully saturated rings. The summed E-state index contributed by atoms with van der Waals surface area (Å²) < 4.78 is 5.22. The fourth-order valence-electron chi connectivity index (χ4n) is 2.05. The second kappa shape index (κ2) is 6.55. The first-order chi connectivity index (χ1) is 7.56. The maximum Gasteiger partial charge on any atom is 0.0667 e. The van der Waals surface area contributed by atoms with E-state index in [-0.39, 0.29) is 5.54 Å². The number of piperazine rings is 1. The van der Waals surface area contributed by atoms with Crippen molar-refractivity contribution < 1.29 is 4.74 Å². The van der Waals surface area contributed by atoms with Gasteiger partial charge in [-0.3, -0.25) is 4.90 Å². The zero-order valence-corrected chi connectivity index (χ0v) is 11.2. The monoisotopic (exact) mass is 229 g/mol. The Morgan fingerprint density at radius 1 is 1.38 bits per heavy atom. The summed E-state index contributed by atoms with van der Waals surface area (Å²) in [6, 6.07) is 0. The molecule has 0 aliphatic carbocycles. The van der Waals surface area contributed by atoms with Gasteiger partial charge in [-0.1, -0.05) is 0 Å². The van der Waals surface area contributed by atoms with Crippen LogP contribution in [0.1, 0.15) is 20.8 Å². The minimum atomic E-state index is 0.232. The van der Waals surface area contributed by atoms with Gasteiger partial charge >= 0.3 is 0 Å². The second-order valence-electron chi connectivity index (χ2n) is 5.23. The third-order valence-corrected chi connectivity index (χ3v) is 3.36. The van der Waals surface area contributed by atoms with Crippen LogP contribution in [0, 0.1) is 0 Å². The Balaban J connectivity index is 2.26. The molecule has 96 valence electrons. The van der Waals surface area contributed by atoms with E-state index in [0.29, 0.717) is 6.10 Å². The molecule has 4 heteroatoms. The van der Waals surface area contributed by atoms with Crippen LogP contribution in [0.25, 0.3) is 0 Å². The third-order valence-electron chi connectivity index (χ3n) is 3.36. The topological polar surface area (TPSA) is 36.5 Å². The first-order valence-electron chi connectivity index (χ1n) is 6.25. The van der Waals surface area contributed by atoms with Gasteiger partial charge in [-0.25, -0.2) is 0 Å². The highest BCUT2D eigenvalue weighted by molar-refractivity contribution is 4.86. The van der Waals surface area contributed by atoms with E-state index >= 15 is 0 Å². The summed E-state index contributed by atoms with van der Waals surface area (Å²) in [5.41, 5.74) is 0.232. The third kappa shape index (κ3) is 4.37. The summed E-state index contributed by atoms with van der Waals surface area (Å²) in [5, 5.41) is 6.87. The van der Waals surface area contributed by atoms with Crippen LogP contribution < -0.4 is 10.6 Å². The van der Waals surface area contributed by atoms with E-state index in [1.165, 1.54) is 0 Å². The van der Waals surface area contributed by atoms with E-state index in [9.17, 15) is 0 Å². The smallest absolute Gasteiger partial charge is 0.0667 e. The van der Waals surface area contributed by atoms with Crippen molar-refractivity contribution >= 4 is 0 Å². The lowest BCUT2D eigenvalue weighted by Crippen LogP contribution is -2.57. The normalized spacial score (nSPS) is 21.0. The fourth-order valence-corrected chi connectivity index (χ4v) is 2.05. The van der Waals surface area contributed by atoms with E-state index < -0.39 is 0 Å². The van der Waals surface area contributed by atoms with Crippen molar-refractivity contribution in [2.75, 3.05) is 46.4 Å². The van der Waals surface area contributed by atoms with E-state index in [1.807, 2.05) is 0 Å². The molecule has 0 aromatic rings. The fraction of sp³-hybridized carbons (Fsp3) is 1.00. The van der Waals surface area contributed by atoms with Crippen LogP contribution in [0.3, 0.4) is 0 Å². The zero-order chi connectivity index (χ0) is 12.0. The summed E-state index contributed by atoms with van der Waals surface area (Å²) in [6.45, 7) is 13.2. The average Bonchev–Trinajstić information content (AvgIpc) is 2.30. The number of rotatable bonds is 6. The maximum atomic E-state index is 5.22. The molecule has 0 radical (unpaired) electrons. The van der Waals surface area contributed by atoms with Crippen molar-refractivity contribution in [2.24, 2.45) is 0 Å². The SMILES string of the molecule is COC(C)CNCC(C)(C)N1CCNCC1. The van der Waals surface area contributed by atoms with Crippen molar-refractivity contribution in [2.45, 2.75) is 32.4 Å². The lowest BCUT2D eigenvalue weighted by Gasteiger charge is -2.41. The highest BCUT2D eigenvalue weighted by Gasteiger charge is 2.27. The van der Waals surface area contributed by atoms with Crippen molar-refractivity contribution in [3.63, 3.8) is 0 Å². The maximum absolute atomic E-state index is 5.22. The number of ether oxygens (including phenoxy) is 1. The van der Waals surface area contributed by atoms with Gasteiger partial charge < -0.3 is 15.4 Å². The van der Waals surface area contributed by atoms with Gasteiger partial charge in [0.1, 0.15) is 0 Å². The summed E-state index contributed by atoms with van der Waals surface area (Å²) in [4.78, 5) is 2.55. The quantitative estimate of drug-likeness (QED) is 0.687. The first kappa shape index (κ1) is 13.9. The van der Waals surface area contributed by atoms with Gasteiger partial charge in [-0.15, -0.1) is 0 Å². The van der Waals surface area contributed by atoms with Crippen LogP contribution in [0.5, 0.6) is 0 Å². The minimum Gasteiger partial charge on any atom is -0.380 e. The lowest BCUT2D eigenvalue weighted by atomic mass is 10.0. The molecule has 1 saturated heterocycles. The lowest BCUT2D eigenvalue weighted by molar-refractivity contribution is 0.0874. The minimum absolute atomic E-state index is 0.232. The Kier molecular flexibility index (Phi) is 5.69.